The normalized spacial score (nSPS) is 11.8. The molecule has 1 aromatic heterocycles. The Labute approximate surface area is 78.2 Å². The number of thiol groups is 1. The molecule has 0 unspecified atom stereocenters. The van der Waals surface area contributed by atoms with Crippen molar-refractivity contribution in [1.29, 1.82) is 0 Å². The van der Waals surface area contributed by atoms with E-state index in [1.807, 2.05) is 32.9 Å². The average molecular weight is 180 g/mol. The Hall–Kier alpha value is -0.830. The molecular weight excluding hydrogens is 168 g/mol. The van der Waals surface area contributed by atoms with Crippen LogP contribution in [0.2, 0.25) is 0 Å². The fourth-order valence-electron chi connectivity index (χ4n) is 0.879. The Kier molecular flexibility index (Phi) is 2.87. The summed E-state index contributed by atoms with van der Waals surface area (Å²) in [4.78, 5) is 8.47. The molecule has 0 amide bonds. The van der Waals surface area contributed by atoms with Crippen LogP contribution in [-0.4, -0.2) is 10.0 Å². The molecule has 3 heteroatoms. The Morgan fingerprint density at radius 1 is 1.42 bits per heavy atom. The molecule has 1 aromatic rings. The van der Waals surface area contributed by atoms with E-state index in [2.05, 4.69) is 22.6 Å². The first kappa shape index (κ1) is 9.26. The largest absolute Gasteiger partial charge is 0.234 e. The average Bonchev–Trinajstić information content (AvgIpc) is 1.96. The molecule has 64 valence electrons. The van der Waals surface area contributed by atoms with Crippen LogP contribution in [0.25, 0.3) is 0 Å². The lowest BCUT2D eigenvalue weighted by molar-refractivity contribution is 1.15. The van der Waals surface area contributed by atoms with Crippen molar-refractivity contribution >= 4 is 23.5 Å². The summed E-state index contributed by atoms with van der Waals surface area (Å²) in [7, 11) is 0. The summed E-state index contributed by atoms with van der Waals surface area (Å²) in [5.74, 6) is 0.766. The van der Waals surface area contributed by atoms with Gasteiger partial charge in [-0.2, -0.15) is 0 Å². The summed E-state index contributed by atoms with van der Waals surface area (Å²) in [5, 5.41) is 0.733. The van der Waals surface area contributed by atoms with Gasteiger partial charge in [0.2, 0.25) is 0 Å². The van der Waals surface area contributed by atoms with Crippen LogP contribution in [0.3, 0.4) is 0 Å². The van der Waals surface area contributed by atoms with Crippen LogP contribution in [0, 0.1) is 13.8 Å². The van der Waals surface area contributed by atoms with Gasteiger partial charge >= 0.3 is 0 Å². The molecule has 0 fully saturated rings. The maximum Gasteiger partial charge on any atom is 0.155 e. The minimum atomic E-state index is 0.733. The first-order valence-electron chi connectivity index (χ1n) is 3.78. The lowest BCUT2D eigenvalue weighted by Gasteiger charge is -2.00. The first-order valence-corrected chi connectivity index (χ1v) is 4.23. The zero-order chi connectivity index (χ0) is 9.14. The van der Waals surface area contributed by atoms with E-state index in [0.29, 0.717) is 0 Å². The van der Waals surface area contributed by atoms with Crippen molar-refractivity contribution in [3.63, 3.8) is 0 Å². The van der Waals surface area contributed by atoms with Gasteiger partial charge in [-0.05, 0) is 32.4 Å². The van der Waals surface area contributed by atoms with Crippen molar-refractivity contribution in [2.75, 3.05) is 0 Å². The number of rotatable bonds is 1. The number of aliphatic imine (C=N–C) groups is 1. The summed E-state index contributed by atoms with van der Waals surface area (Å²) in [6, 6.07) is 3.99. The molecule has 0 saturated carbocycles. The van der Waals surface area contributed by atoms with Gasteiger partial charge in [0, 0.05) is 5.69 Å². The lowest BCUT2D eigenvalue weighted by Crippen LogP contribution is -1.85. The van der Waals surface area contributed by atoms with Crippen LogP contribution < -0.4 is 0 Å². The van der Waals surface area contributed by atoms with Crippen LogP contribution >= 0.6 is 12.6 Å². The van der Waals surface area contributed by atoms with Gasteiger partial charge in [0.15, 0.2) is 5.82 Å². The molecule has 0 aliphatic heterocycles. The van der Waals surface area contributed by atoms with Gasteiger partial charge in [0.25, 0.3) is 0 Å². The topological polar surface area (TPSA) is 25.2 Å². The van der Waals surface area contributed by atoms with Crippen LogP contribution in [-0.2, 0) is 0 Å². The van der Waals surface area contributed by atoms with Gasteiger partial charge in [-0.15, -0.1) is 12.6 Å². The third kappa shape index (κ3) is 2.34. The van der Waals surface area contributed by atoms with Crippen LogP contribution in [0.15, 0.2) is 17.1 Å². The van der Waals surface area contributed by atoms with E-state index >= 15 is 0 Å². The summed E-state index contributed by atoms with van der Waals surface area (Å²) >= 11 is 4.10. The minimum absolute atomic E-state index is 0.733. The molecule has 0 bridgehead atoms. The third-order valence-corrected chi connectivity index (χ3v) is 1.58. The first-order chi connectivity index (χ1) is 5.59. The standard InChI is InChI=1S/C9H12N2S/c1-6-4-5-7(2)10-9(6)11-8(3)12/h4-5H,1-3H3,(H,10,11,12). The SMILES string of the molecule is C/C(S)=N/c1nc(C)ccc1C. The van der Waals surface area contributed by atoms with Crippen LogP contribution in [0.1, 0.15) is 18.2 Å². The van der Waals surface area contributed by atoms with E-state index in [4.69, 9.17) is 0 Å². The highest BCUT2D eigenvalue weighted by Crippen LogP contribution is 2.15. The van der Waals surface area contributed by atoms with Crippen molar-refractivity contribution < 1.29 is 0 Å². The van der Waals surface area contributed by atoms with Gasteiger partial charge in [-0.3, -0.25) is 0 Å². The smallest absolute Gasteiger partial charge is 0.155 e. The van der Waals surface area contributed by atoms with E-state index in [1.54, 1.807) is 0 Å². The van der Waals surface area contributed by atoms with E-state index in [0.717, 1.165) is 22.1 Å². The van der Waals surface area contributed by atoms with Crippen molar-refractivity contribution in [3.8, 4) is 0 Å². The van der Waals surface area contributed by atoms with Crippen molar-refractivity contribution in [2.24, 2.45) is 4.99 Å². The monoisotopic (exact) mass is 180 g/mol. The third-order valence-electron chi connectivity index (χ3n) is 1.48. The van der Waals surface area contributed by atoms with Gasteiger partial charge < -0.3 is 0 Å². The van der Waals surface area contributed by atoms with Gasteiger partial charge in [-0.25, -0.2) is 9.98 Å². The predicted molar refractivity (Wildman–Crippen MR) is 55.5 cm³/mol. The highest BCUT2D eigenvalue weighted by atomic mass is 32.1. The van der Waals surface area contributed by atoms with Crippen LogP contribution in [0.5, 0.6) is 0 Å². The molecule has 0 aliphatic rings. The summed E-state index contributed by atoms with van der Waals surface area (Å²) in [6.45, 7) is 5.78. The van der Waals surface area contributed by atoms with Crippen molar-refractivity contribution in [3.05, 3.63) is 23.4 Å². The van der Waals surface area contributed by atoms with Crippen molar-refractivity contribution in [2.45, 2.75) is 20.8 Å². The Balaban J connectivity index is 3.14. The van der Waals surface area contributed by atoms with Gasteiger partial charge in [0.1, 0.15) is 0 Å². The molecular formula is C9H12N2S. The molecule has 2 nitrogen and oxygen atoms in total. The Bertz CT molecular complexity index is 314. The van der Waals surface area contributed by atoms with E-state index in [-0.39, 0.29) is 0 Å². The minimum Gasteiger partial charge on any atom is -0.234 e. The number of aromatic nitrogens is 1. The lowest BCUT2D eigenvalue weighted by atomic mass is 10.2. The maximum absolute atomic E-state index is 4.28. The number of hydrogen-bond donors (Lipinski definition) is 1. The molecule has 0 saturated heterocycles. The molecule has 1 rings (SSSR count). The molecule has 1 heterocycles. The molecule has 0 aliphatic carbocycles. The fourth-order valence-corrected chi connectivity index (χ4v) is 0.974. The van der Waals surface area contributed by atoms with E-state index in [1.165, 1.54) is 0 Å². The predicted octanol–water partition coefficient (Wildman–Crippen LogP) is 2.68. The second-order valence-corrected chi connectivity index (χ2v) is 3.40. The Morgan fingerprint density at radius 2 is 2.08 bits per heavy atom. The van der Waals surface area contributed by atoms with Gasteiger partial charge in [0.05, 0.1) is 5.04 Å². The van der Waals surface area contributed by atoms with Gasteiger partial charge in [-0.1, -0.05) is 6.07 Å². The second-order valence-electron chi connectivity index (χ2n) is 2.75. The number of nitrogens with zero attached hydrogens (tertiary/aromatic N) is 2. The second kappa shape index (κ2) is 3.72. The van der Waals surface area contributed by atoms with Crippen molar-refractivity contribution in [1.82, 2.24) is 4.98 Å². The molecule has 0 aromatic carbocycles. The maximum atomic E-state index is 4.28. The van der Waals surface area contributed by atoms with Crippen LogP contribution in [0.4, 0.5) is 5.82 Å². The fraction of sp³-hybridized carbons (Fsp3) is 0.333. The number of aryl methyl sites for hydroxylation is 2. The zero-order valence-electron chi connectivity index (χ0n) is 7.50. The quantitative estimate of drug-likeness (QED) is 0.401. The van der Waals surface area contributed by atoms with E-state index in [9.17, 15) is 0 Å². The number of pyridine rings is 1. The summed E-state index contributed by atoms with van der Waals surface area (Å²) < 4.78 is 0. The van der Waals surface area contributed by atoms with E-state index < -0.39 is 0 Å². The summed E-state index contributed by atoms with van der Waals surface area (Å²) in [5.41, 5.74) is 2.06. The zero-order valence-corrected chi connectivity index (χ0v) is 8.39. The molecule has 0 radical (unpaired) electrons. The summed E-state index contributed by atoms with van der Waals surface area (Å²) in [6.07, 6.45) is 0. The molecule has 0 atom stereocenters. The highest BCUT2D eigenvalue weighted by molar-refractivity contribution is 7.96. The number of hydrogen-bond acceptors (Lipinski definition) is 2. The molecule has 0 spiro atoms. The molecule has 0 N–H and O–H groups in total. The highest BCUT2D eigenvalue weighted by Gasteiger charge is 1.97. The molecule has 12 heavy (non-hydrogen) atoms. The Morgan fingerprint density at radius 3 is 2.67 bits per heavy atom.